The lowest BCUT2D eigenvalue weighted by molar-refractivity contribution is -0.115. The highest BCUT2D eigenvalue weighted by Crippen LogP contribution is 2.13. The quantitative estimate of drug-likeness (QED) is 0.746. The van der Waals surface area contributed by atoms with Gasteiger partial charge in [0.15, 0.2) is 0 Å². The van der Waals surface area contributed by atoms with Gasteiger partial charge >= 0.3 is 12.1 Å². The molecule has 1 heterocycles. The van der Waals surface area contributed by atoms with Crippen molar-refractivity contribution in [2.24, 2.45) is 0 Å². The maximum atomic E-state index is 12.1. The highest BCUT2D eigenvalue weighted by Gasteiger charge is 2.23. The standard InChI is InChI=1S/C18H25N3O5/c1-3-26-18(24)21-9-7-14(8-10-21)19-12-16(22)20-15-6-4-5-13(11-15)17(23)25-2/h4-6,11,14,19H,3,7-10,12H2,1-2H3,(H,20,22). The average Bonchev–Trinajstić information content (AvgIpc) is 2.66. The van der Waals surface area contributed by atoms with E-state index in [0.29, 0.717) is 30.9 Å². The van der Waals surface area contributed by atoms with E-state index in [4.69, 9.17) is 4.74 Å². The summed E-state index contributed by atoms with van der Waals surface area (Å²) < 4.78 is 9.65. The Kier molecular flexibility index (Phi) is 7.40. The summed E-state index contributed by atoms with van der Waals surface area (Å²) in [6, 6.07) is 6.76. The molecule has 0 aliphatic carbocycles. The van der Waals surface area contributed by atoms with Gasteiger partial charge in [-0.05, 0) is 38.0 Å². The second-order valence-corrected chi connectivity index (χ2v) is 5.96. The number of ether oxygens (including phenoxy) is 2. The Morgan fingerprint density at radius 1 is 1.23 bits per heavy atom. The Balaban J connectivity index is 1.74. The van der Waals surface area contributed by atoms with Gasteiger partial charge < -0.3 is 25.0 Å². The Labute approximate surface area is 152 Å². The van der Waals surface area contributed by atoms with Gasteiger partial charge in [-0.2, -0.15) is 0 Å². The van der Waals surface area contributed by atoms with Crippen molar-refractivity contribution in [3.8, 4) is 0 Å². The zero-order valence-electron chi connectivity index (χ0n) is 15.1. The summed E-state index contributed by atoms with van der Waals surface area (Å²) in [4.78, 5) is 36.9. The number of benzene rings is 1. The largest absolute Gasteiger partial charge is 0.465 e. The third-order valence-corrected chi connectivity index (χ3v) is 4.14. The molecule has 0 spiro atoms. The molecule has 26 heavy (non-hydrogen) atoms. The molecule has 1 aromatic rings. The lowest BCUT2D eigenvalue weighted by Crippen LogP contribution is -2.46. The van der Waals surface area contributed by atoms with Crippen LogP contribution < -0.4 is 10.6 Å². The van der Waals surface area contributed by atoms with Crippen LogP contribution in [0.5, 0.6) is 0 Å². The predicted octanol–water partition coefficient (Wildman–Crippen LogP) is 1.62. The van der Waals surface area contributed by atoms with Crippen LogP contribution in [0.25, 0.3) is 0 Å². The summed E-state index contributed by atoms with van der Waals surface area (Å²) in [7, 11) is 1.31. The van der Waals surface area contributed by atoms with Crippen molar-refractivity contribution in [1.82, 2.24) is 10.2 Å². The van der Waals surface area contributed by atoms with E-state index < -0.39 is 5.97 Å². The van der Waals surface area contributed by atoms with Crippen molar-refractivity contribution < 1.29 is 23.9 Å². The Morgan fingerprint density at radius 2 is 1.96 bits per heavy atom. The van der Waals surface area contributed by atoms with E-state index in [2.05, 4.69) is 15.4 Å². The summed E-state index contributed by atoms with van der Waals surface area (Å²) in [5.74, 6) is -0.646. The molecule has 142 valence electrons. The number of carbonyl (C=O) groups is 3. The maximum absolute atomic E-state index is 12.1. The van der Waals surface area contributed by atoms with Gasteiger partial charge in [-0.1, -0.05) is 6.07 Å². The Bertz CT molecular complexity index is 641. The van der Waals surface area contributed by atoms with Crippen molar-refractivity contribution in [3.63, 3.8) is 0 Å². The number of hydrogen-bond donors (Lipinski definition) is 2. The highest BCUT2D eigenvalue weighted by molar-refractivity contribution is 5.95. The van der Waals surface area contributed by atoms with Crippen molar-refractivity contribution in [2.75, 3.05) is 38.7 Å². The molecule has 0 saturated carbocycles. The van der Waals surface area contributed by atoms with Gasteiger partial charge in [0, 0.05) is 24.8 Å². The van der Waals surface area contributed by atoms with Crippen LogP contribution in [0, 0.1) is 0 Å². The number of likely N-dealkylation sites (tertiary alicyclic amines) is 1. The smallest absolute Gasteiger partial charge is 0.409 e. The summed E-state index contributed by atoms with van der Waals surface area (Å²) in [5.41, 5.74) is 0.918. The molecule has 1 fully saturated rings. The van der Waals surface area contributed by atoms with Crippen LogP contribution >= 0.6 is 0 Å². The van der Waals surface area contributed by atoms with Crippen molar-refractivity contribution >= 4 is 23.7 Å². The molecule has 8 heteroatoms. The minimum atomic E-state index is -0.451. The first kappa shape index (κ1) is 19.7. The number of carbonyl (C=O) groups excluding carboxylic acids is 3. The fourth-order valence-corrected chi connectivity index (χ4v) is 2.76. The number of esters is 1. The van der Waals surface area contributed by atoms with E-state index >= 15 is 0 Å². The maximum Gasteiger partial charge on any atom is 0.409 e. The van der Waals surface area contributed by atoms with Crippen LogP contribution in [0.1, 0.15) is 30.1 Å². The zero-order chi connectivity index (χ0) is 18.9. The van der Waals surface area contributed by atoms with Crippen molar-refractivity contribution in [1.29, 1.82) is 0 Å². The first-order valence-corrected chi connectivity index (χ1v) is 8.66. The van der Waals surface area contributed by atoms with Crippen molar-refractivity contribution in [3.05, 3.63) is 29.8 Å². The highest BCUT2D eigenvalue weighted by atomic mass is 16.6. The molecule has 8 nitrogen and oxygen atoms in total. The topological polar surface area (TPSA) is 97.0 Å². The lowest BCUT2D eigenvalue weighted by Gasteiger charge is -2.31. The van der Waals surface area contributed by atoms with Gasteiger partial charge in [-0.3, -0.25) is 4.79 Å². The third-order valence-electron chi connectivity index (χ3n) is 4.14. The van der Waals surface area contributed by atoms with E-state index in [1.165, 1.54) is 7.11 Å². The Hall–Kier alpha value is -2.61. The molecule has 1 aliphatic heterocycles. The van der Waals surface area contributed by atoms with Crippen LogP contribution in [-0.2, 0) is 14.3 Å². The summed E-state index contributed by atoms with van der Waals surface area (Å²) in [6.45, 7) is 3.53. The fraction of sp³-hybridized carbons (Fsp3) is 0.500. The number of methoxy groups -OCH3 is 1. The molecule has 1 saturated heterocycles. The second-order valence-electron chi connectivity index (χ2n) is 5.96. The molecule has 1 aliphatic rings. The molecular formula is C18H25N3O5. The van der Waals surface area contributed by atoms with Crippen molar-refractivity contribution in [2.45, 2.75) is 25.8 Å². The Morgan fingerprint density at radius 3 is 2.62 bits per heavy atom. The molecule has 2 N–H and O–H groups in total. The summed E-state index contributed by atoms with van der Waals surface area (Å²) in [5, 5.41) is 5.95. The number of nitrogens with one attached hydrogen (secondary N) is 2. The normalized spacial score (nSPS) is 14.6. The van der Waals surface area contributed by atoms with E-state index in [9.17, 15) is 14.4 Å². The molecule has 0 bridgehead atoms. The fourth-order valence-electron chi connectivity index (χ4n) is 2.76. The third kappa shape index (κ3) is 5.73. The molecular weight excluding hydrogens is 338 g/mol. The van der Waals surface area contributed by atoms with Crippen LogP contribution in [0.2, 0.25) is 0 Å². The molecule has 2 amide bonds. The molecule has 0 aromatic heterocycles. The van der Waals surface area contributed by atoms with E-state index in [-0.39, 0.29) is 24.6 Å². The van der Waals surface area contributed by atoms with Crippen LogP contribution in [-0.4, -0.2) is 62.3 Å². The molecule has 0 unspecified atom stereocenters. The molecule has 0 atom stereocenters. The van der Waals surface area contributed by atoms with Gasteiger partial charge in [-0.25, -0.2) is 9.59 Å². The van der Waals surface area contributed by atoms with Crippen LogP contribution in [0.3, 0.4) is 0 Å². The second kappa shape index (κ2) is 9.76. The molecule has 1 aromatic carbocycles. The summed E-state index contributed by atoms with van der Waals surface area (Å²) in [6.07, 6.45) is 1.25. The SMILES string of the molecule is CCOC(=O)N1CCC(NCC(=O)Nc2cccc(C(=O)OC)c2)CC1. The first-order valence-electron chi connectivity index (χ1n) is 8.66. The van der Waals surface area contributed by atoms with E-state index in [0.717, 1.165) is 12.8 Å². The zero-order valence-corrected chi connectivity index (χ0v) is 15.1. The number of hydrogen-bond acceptors (Lipinski definition) is 6. The average molecular weight is 363 g/mol. The van der Waals surface area contributed by atoms with Gasteiger partial charge in [0.05, 0.1) is 25.8 Å². The van der Waals surface area contributed by atoms with E-state index in [1.807, 2.05) is 0 Å². The number of rotatable bonds is 6. The summed E-state index contributed by atoms with van der Waals surface area (Å²) >= 11 is 0. The van der Waals surface area contributed by atoms with Gasteiger partial charge in [0.2, 0.25) is 5.91 Å². The van der Waals surface area contributed by atoms with Crippen LogP contribution in [0.15, 0.2) is 24.3 Å². The van der Waals surface area contributed by atoms with E-state index in [1.54, 1.807) is 36.1 Å². The molecule has 2 rings (SSSR count). The number of amides is 2. The number of anilines is 1. The number of piperidine rings is 1. The monoisotopic (exact) mass is 363 g/mol. The predicted molar refractivity (Wildman–Crippen MR) is 96.0 cm³/mol. The first-order chi connectivity index (χ1) is 12.5. The van der Waals surface area contributed by atoms with Gasteiger partial charge in [-0.15, -0.1) is 0 Å². The number of nitrogens with zero attached hydrogens (tertiary/aromatic N) is 1. The van der Waals surface area contributed by atoms with Gasteiger partial charge in [0.1, 0.15) is 0 Å². The minimum Gasteiger partial charge on any atom is -0.465 e. The van der Waals surface area contributed by atoms with Crippen LogP contribution in [0.4, 0.5) is 10.5 Å². The minimum absolute atomic E-state index is 0.159. The molecule has 0 radical (unpaired) electrons. The lowest BCUT2D eigenvalue weighted by atomic mass is 10.1. The van der Waals surface area contributed by atoms with Gasteiger partial charge in [0.25, 0.3) is 0 Å².